The maximum Gasteiger partial charge on any atom is 0.316 e. The Hall–Kier alpha value is -2.77. The maximum atomic E-state index is 13.1. The molecular weight excluding hydrogens is 318 g/mol. The molecule has 1 aliphatic rings. The number of aromatic nitrogens is 2. The van der Waals surface area contributed by atoms with Crippen LogP contribution in [-0.2, 0) is 0 Å². The van der Waals surface area contributed by atoms with E-state index in [1.165, 1.54) is 7.11 Å². The first-order valence-corrected chi connectivity index (χ1v) is 7.44. The number of benzene rings is 1. The minimum Gasteiger partial charge on any atom is -0.467 e. The summed E-state index contributed by atoms with van der Waals surface area (Å²) in [7, 11) is 1.27. The molecule has 0 radical (unpaired) electrons. The molecule has 1 fully saturated rings. The Morgan fingerprint density at radius 3 is 2.79 bits per heavy atom. The van der Waals surface area contributed by atoms with E-state index in [1.54, 1.807) is 6.07 Å². The number of nitrogens with one attached hydrogen (secondary N) is 1. The number of carbonyl (C=O) groups excluding carboxylic acids is 1. The van der Waals surface area contributed by atoms with Crippen LogP contribution in [0.3, 0.4) is 0 Å². The molecule has 6 nitrogen and oxygen atoms in total. The number of rotatable bonds is 5. The highest BCUT2D eigenvalue weighted by Crippen LogP contribution is 2.26. The van der Waals surface area contributed by atoms with E-state index >= 15 is 0 Å². The standard InChI is InChI=1S/C16H16F2N4O2/c1-24-16-19-9-12(13(21-16)14(17)18)15(23)20-10-4-2-5-11(8-10)22-6-3-7-22/h2,4-5,8-9,14H,3,6-7H2,1H3,(H,20,23). The predicted molar refractivity (Wildman–Crippen MR) is 84.8 cm³/mol. The van der Waals surface area contributed by atoms with E-state index in [4.69, 9.17) is 4.74 Å². The van der Waals surface area contributed by atoms with E-state index in [0.29, 0.717) is 5.69 Å². The highest BCUT2D eigenvalue weighted by atomic mass is 19.3. The van der Waals surface area contributed by atoms with Gasteiger partial charge in [-0.2, -0.15) is 4.98 Å². The lowest BCUT2D eigenvalue weighted by atomic mass is 10.1. The number of anilines is 2. The van der Waals surface area contributed by atoms with Gasteiger partial charge in [-0.05, 0) is 24.6 Å². The molecule has 1 saturated heterocycles. The third-order valence-corrected chi connectivity index (χ3v) is 3.76. The Morgan fingerprint density at radius 1 is 1.38 bits per heavy atom. The van der Waals surface area contributed by atoms with E-state index < -0.39 is 18.0 Å². The normalized spacial score (nSPS) is 13.6. The number of alkyl halides is 2. The first-order chi connectivity index (χ1) is 11.6. The molecule has 2 heterocycles. The van der Waals surface area contributed by atoms with Crippen molar-refractivity contribution in [2.75, 3.05) is 30.4 Å². The molecule has 24 heavy (non-hydrogen) atoms. The van der Waals surface area contributed by atoms with Gasteiger partial charge >= 0.3 is 6.01 Å². The third-order valence-electron chi connectivity index (χ3n) is 3.76. The van der Waals surface area contributed by atoms with Crippen molar-refractivity contribution in [1.29, 1.82) is 0 Å². The molecule has 1 aromatic heterocycles. The Morgan fingerprint density at radius 2 is 2.17 bits per heavy atom. The molecule has 1 aromatic carbocycles. The average molecular weight is 334 g/mol. The van der Waals surface area contributed by atoms with Gasteiger partial charge in [-0.15, -0.1) is 0 Å². The molecule has 2 aromatic rings. The van der Waals surface area contributed by atoms with Crippen LogP contribution in [0.25, 0.3) is 0 Å². The Balaban J connectivity index is 1.82. The lowest BCUT2D eigenvalue weighted by Crippen LogP contribution is -2.36. The number of methoxy groups -OCH3 is 1. The predicted octanol–water partition coefficient (Wildman–Crippen LogP) is 2.89. The summed E-state index contributed by atoms with van der Waals surface area (Å²) >= 11 is 0. The lowest BCUT2D eigenvalue weighted by Gasteiger charge is -2.33. The fourth-order valence-corrected chi connectivity index (χ4v) is 2.37. The first-order valence-electron chi connectivity index (χ1n) is 7.44. The highest BCUT2D eigenvalue weighted by Gasteiger charge is 2.22. The molecule has 8 heteroatoms. The van der Waals surface area contributed by atoms with E-state index in [1.807, 2.05) is 18.2 Å². The number of hydrogen-bond donors (Lipinski definition) is 1. The van der Waals surface area contributed by atoms with Crippen molar-refractivity contribution in [1.82, 2.24) is 9.97 Å². The van der Waals surface area contributed by atoms with Crippen LogP contribution < -0.4 is 15.0 Å². The van der Waals surface area contributed by atoms with Crippen LogP contribution in [-0.4, -0.2) is 36.1 Å². The van der Waals surface area contributed by atoms with E-state index in [2.05, 4.69) is 20.2 Å². The van der Waals surface area contributed by atoms with Gasteiger partial charge in [-0.3, -0.25) is 4.79 Å². The van der Waals surface area contributed by atoms with Crippen LogP contribution in [0.15, 0.2) is 30.5 Å². The molecule has 0 aliphatic carbocycles. The summed E-state index contributed by atoms with van der Waals surface area (Å²) in [6.07, 6.45) is -0.727. The zero-order valence-electron chi connectivity index (χ0n) is 13.0. The number of hydrogen-bond acceptors (Lipinski definition) is 5. The quantitative estimate of drug-likeness (QED) is 0.911. The summed E-state index contributed by atoms with van der Waals surface area (Å²) in [6, 6.07) is 7.05. The molecule has 0 spiro atoms. The first kappa shape index (κ1) is 16.1. The highest BCUT2D eigenvalue weighted by molar-refractivity contribution is 6.05. The summed E-state index contributed by atoms with van der Waals surface area (Å²) in [4.78, 5) is 21.8. The van der Waals surface area contributed by atoms with Crippen molar-refractivity contribution < 1.29 is 18.3 Å². The SMILES string of the molecule is COc1ncc(C(=O)Nc2cccc(N3CCC3)c2)c(C(F)F)n1. The second-order valence-corrected chi connectivity index (χ2v) is 5.30. The molecule has 126 valence electrons. The van der Waals surface area contributed by atoms with Gasteiger partial charge < -0.3 is 15.0 Å². The van der Waals surface area contributed by atoms with E-state index in [-0.39, 0.29) is 11.6 Å². The van der Waals surface area contributed by atoms with Gasteiger partial charge in [0.15, 0.2) is 0 Å². The molecule has 1 N–H and O–H groups in total. The second-order valence-electron chi connectivity index (χ2n) is 5.30. The van der Waals surface area contributed by atoms with Gasteiger partial charge in [0.05, 0.1) is 12.7 Å². The molecule has 0 saturated carbocycles. The maximum absolute atomic E-state index is 13.1. The van der Waals surface area contributed by atoms with Crippen LogP contribution in [0, 0.1) is 0 Å². The summed E-state index contributed by atoms with van der Waals surface area (Å²) in [6.45, 7) is 1.94. The minimum absolute atomic E-state index is 0.207. The number of carbonyl (C=O) groups is 1. The van der Waals surface area contributed by atoms with Crippen LogP contribution in [0.2, 0.25) is 0 Å². The smallest absolute Gasteiger partial charge is 0.316 e. The molecule has 1 amide bonds. The largest absolute Gasteiger partial charge is 0.467 e. The molecule has 0 unspecified atom stereocenters. The van der Waals surface area contributed by atoms with Crippen LogP contribution in [0.1, 0.15) is 28.9 Å². The summed E-state index contributed by atoms with van der Waals surface area (Å²) in [5.74, 6) is -0.686. The molecule has 3 rings (SSSR count). The Kier molecular flexibility index (Phi) is 4.54. The molecule has 0 atom stereocenters. The minimum atomic E-state index is -2.91. The summed E-state index contributed by atoms with van der Waals surface area (Å²) < 4.78 is 31.0. The van der Waals surface area contributed by atoms with Gasteiger partial charge in [-0.25, -0.2) is 13.8 Å². The van der Waals surface area contributed by atoms with Gasteiger partial charge in [0.2, 0.25) is 0 Å². The van der Waals surface area contributed by atoms with Crippen molar-refractivity contribution in [2.45, 2.75) is 12.8 Å². The molecule has 0 bridgehead atoms. The van der Waals surface area contributed by atoms with Gasteiger partial charge in [0, 0.05) is 30.7 Å². The van der Waals surface area contributed by atoms with E-state index in [9.17, 15) is 13.6 Å². The van der Waals surface area contributed by atoms with Gasteiger partial charge in [0.25, 0.3) is 12.3 Å². The van der Waals surface area contributed by atoms with Crippen molar-refractivity contribution >= 4 is 17.3 Å². The molecular formula is C16H16F2N4O2. The van der Waals surface area contributed by atoms with Gasteiger partial charge in [-0.1, -0.05) is 6.07 Å². The fourth-order valence-electron chi connectivity index (χ4n) is 2.37. The lowest BCUT2D eigenvalue weighted by molar-refractivity contribution is 0.100. The van der Waals surface area contributed by atoms with Crippen LogP contribution in [0.4, 0.5) is 20.2 Å². The van der Waals surface area contributed by atoms with Crippen LogP contribution >= 0.6 is 0 Å². The average Bonchev–Trinajstić information content (AvgIpc) is 2.53. The Labute approximate surface area is 137 Å². The summed E-state index contributed by atoms with van der Waals surface area (Å²) in [5, 5.41) is 2.61. The molecule has 1 aliphatic heterocycles. The van der Waals surface area contributed by atoms with Crippen molar-refractivity contribution in [3.05, 3.63) is 41.7 Å². The summed E-state index contributed by atoms with van der Waals surface area (Å²) in [5.41, 5.74) is 0.581. The zero-order chi connectivity index (χ0) is 17.1. The van der Waals surface area contributed by atoms with Crippen LogP contribution in [0.5, 0.6) is 6.01 Å². The zero-order valence-corrected chi connectivity index (χ0v) is 13.0. The van der Waals surface area contributed by atoms with Crippen molar-refractivity contribution in [3.8, 4) is 6.01 Å². The second kappa shape index (κ2) is 6.77. The number of nitrogens with zero attached hydrogens (tertiary/aromatic N) is 3. The van der Waals surface area contributed by atoms with E-state index in [0.717, 1.165) is 31.4 Å². The Bertz CT molecular complexity index is 751. The van der Waals surface area contributed by atoms with Gasteiger partial charge in [0.1, 0.15) is 5.69 Å². The number of ether oxygens (including phenoxy) is 1. The monoisotopic (exact) mass is 334 g/mol. The number of amides is 1. The van der Waals surface area contributed by atoms with Crippen molar-refractivity contribution in [3.63, 3.8) is 0 Å². The van der Waals surface area contributed by atoms with Crippen molar-refractivity contribution in [2.24, 2.45) is 0 Å². The third kappa shape index (κ3) is 3.27. The fraction of sp³-hybridized carbons (Fsp3) is 0.312. The number of halogens is 2. The topological polar surface area (TPSA) is 67.3 Å².